The number of hydrogen-bond acceptors (Lipinski definition) is 14. The molecule has 0 aliphatic heterocycles. The smallest absolute Gasteiger partial charge is 0.463 e. The minimum atomic E-state index is -4.93. The van der Waals surface area contributed by atoms with E-state index in [1.54, 1.807) is 0 Å². The molecule has 0 fully saturated rings. The summed E-state index contributed by atoms with van der Waals surface area (Å²) in [4.78, 5) is 58.7. The first-order chi connectivity index (χ1) is 53.2. The van der Waals surface area contributed by atoms with Crippen molar-refractivity contribution in [3.63, 3.8) is 0 Å². The molecule has 0 bridgehead atoms. The van der Waals surface area contributed by atoms with Gasteiger partial charge >= 0.3 is 33.6 Å². The monoisotopic (exact) mass is 1570 g/mol. The van der Waals surface area contributed by atoms with Gasteiger partial charge in [0, 0.05) is 19.3 Å². The molecule has 0 saturated heterocycles. The van der Waals surface area contributed by atoms with Crippen LogP contribution < -0.4 is 0 Å². The highest BCUT2D eigenvalue weighted by Crippen LogP contribution is 2.45. The number of ether oxygens (including phenoxy) is 3. The molecule has 0 rings (SSSR count). The van der Waals surface area contributed by atoms with Crippen LogP contribution in [0.2, 0.25) is 0 Å². The molecule has 0 aromatic carbocycles. The van der Waals surface area contributed by atoms with Crippen molar-refractivity contribution in [3.05, 3.63) is 122 Å². The van der Waals surface area contributed by atoms with E-state index < -0.39 is 91.5 Å². The van der Waals surface area contributed by atoms with E-state index in [0.717, 1.165) is 135 Å². The SMILES string of the molecule is CC/C=C\C/C=C\C/C=C\C/C=C\C/C=C\CCCCCCCCCCCCCCCCCCCC(=O)OCC(O)COP(=O)(O)OCC(O)COP(=O)(O)OCC(COC(=O)CCCCCCCCCCCCCCC/C=C\C/C=C\C/C=C\C/C=C\CCCCC)OC(=O)CCCCCCC/C=C\CCCC. The summed E-state index contributed by atoms with van der Waals surface area (Å²) < 4.78 is 61.2. The molecular formula is C91H160O16P2. The molecule has 0 heterocycles. The minimum absolute atomic E-state index is 0.0945. The molecule has 5 unspecified atom stereocenters. The predicted octanol–water partition coefficient (Wildman–Crippen LogP) is 26.4. The van der Waals surface area contributed by atoms with Gasteiger partial charge in [-0.3, -0.25) is 32.5 Å². The van der Waals surface area contributed by atoms with E-state index in [1.165, 1.54) is 186 Å². The summed E-state index contributed by atoms with van der Waals surface area (Å²) >= 11 is 0. The van der Waals surface area contributed by atoms with E-state index in [2.05, 4.69) is 142 Å². The zero-order chi connectivity index (χ0) is 79.4. The summed E-state index contributed by atoms with van der Waals surface area (Å²) in [6.45, 7) is 2.53. The van der Waals surface area contributed by atoms with Gasteiger partial charge in [-0.05, 0) is 128 Å². The van der Waals surface area contributed by atoms with E-state index in [9.17, 15) is 43.5 Å². The fourth-order valence-corrected chi connectivity index (χ4v) is 13.6. The average molecular weight is 1570 g/mol. The first-order valence-electron chi connectivity index (χ1n) is 43.8. The molecule has 0 radical (unpaired) electrons. The first-order valence-corrected chi connectivity index (χ1v) is 46.8. The fraction of sp³-hybridized carbons (Fsp3) is 0.747. The Hall–Kier alpha value is -4.05. The lowest BCUT2D eigenvalue weighted by atomic mass is 10.0. The van der Waals surface area contributed by atoms with Crippen LogP contribution in [0.15, 0.2) is 122 Å². The number of esters is 3. The predicted molar refractivity (Wildman–Crippen MR) is 454 cm³/mol. The number of phosphoric ester groups is 2. The standard InChI is InChI=1S/C91H160O16P2/c1-4-7-10-13-16-19-22-24-26-28-30-32-34-36-38-40-41-42-43-45-47-48-50-52-54-56-58-60-63-65-68-71-74-77-89(94)101-80-86(92)81-103-108(97,98)104-82-87(93)83-105-109(99,100)106-85-88(107-91(96)79-76-73-70-67-62-21-18-15-12-9-6-3)84-102-90(95)78-75-72-69-66-64-61-59-57-55-53-51-49-46-44-39-37-35-33-31-29-27-25-23-20-17-14-11-8-5-2/h7,10,15-20,24-27,30-33,36-39,86-88,92-93H,4-6,8-9,11-14,21-23,28-29,34-35,40-85H2,1-3H3,(H,97,98)(H,99,100)/b10-7-,18-15-,19-16-,20-17-,26-24-,27-25-,32-30-,33-31-,38-36-,39-37-. The van der Waals surface area contributed by atoms with Crippen LogP contribution in [0.5, 0.6) is 0 Å². The molecule has 16 nitrogen and oxygen atoms in total. The minimum Gasteiger partial charge on any atom is -0.463 e. The Morgan fingerprint density at radius 2 is 0.495 bits per heavy atom. The second-order valence-corrected chi connectivity index (χ2v) is 32.2. The van der Waals surface area contributed by atoms with Crippen molar-refractivity contribution in [2.24, 2.45) is 0 Å². The van der Waals surface area contributed by atoms with Gasteiger partial charge in [-0.15, -0.1) is 0 Å². The normalized spacial score (nSPS) is 14.4. The van der Waals surface area contributed by atoms with Crippen molar-refractivity contribution in [2.45, 2.75) is 399 Å². The topological polar surface area (TPSA) is 231 Å². The summed E-state index contributed by atoms with van der Waals surface area (Å²) in [5.74, 6) is -1.57. The Balaban J connectivity index is 4.35. The van der Waals surface area contributed by atoms with Gasteiger partial charge in [0.2, 0.25) is 0 Å². The molecule has 109 heavy (non-hydrogen) atoms. The Morgan fingerprint density at radius 1 is 0.266 bits per heavy atom. The van der Waals surface area contributed by atoms with Crippen molar-refractivity contribution < 1.29 is 75.8 Å². The Bertz CT molecular complexity index is 2460. The number of rotatable bonds is 83. The van der Waals surface area contributed by atoms with Gasteiger partial charge in [0.1, 0.15) is 25.4 Å². The number of hydrogen-bond donors (Lipinski definition) is 4. The van der Waals surface area contributed by atoms with Gasteiger partial charge in [0.25, 0.3) is 0 Å². The summed E-state index contributed by atoms with van der Waals surface area (Å²) in [5.41, 5.74) is 0. The second-order valence-electron chi connectivity index (χ2n) is 29.3. The highest BCUT2D eigenvalue weighted by atomic mass is 31.2. The van der Waals surface area contributed by atoms with E-state index in [-0.39, 0.29) is 19.3 Å². The number of aliphatic hydroxyl groups is 2. The molecule has 0 amide bonds. The van der Waals surface area contributed by atoms with Crippen LogP contribution >= 0.6 is 15.6 Å². The first kappa shape index (κ1) is 105. The van der Waals surface area contributed by atoms with Crippen molar-refractivity contribution in [2.75, 3.05) is 39.6 Å². The van der Waals surface area contributed by atoms with Gasteiger partial charge in [-0.25, -0.2) is 9.13 Å². The van der Waals surface area contributed by atoms with E-state index in [1.807, 2.05) is 0 Å². The summed E-state index contributed by atoms with van der Waals surface area (Å²) in [7, 11) is -9.79. The van der Waals surface area contributed by atoms with E-state index in [0.29, 0.717) is 19.3 Å². The molecule has 0 aromatic rings. The van der Waals surface area contributed by atoms with Crippen LogP contribution in [0.1, 0.15) is 380 Å². The quantitative estimate of drug-likeness (QED) is 0.0146. The molecule has 0 aromatic heterocycles. The molecular weight excluding hydrogens is 1410 g/mol. The number of phosphoric acid groups is 2. The van der Waals surface area contributed by atoms with Crippen molar-refractivity contribution in [1.29, 1.82) is 0 Å². The van der Waals surface area contributed by atoms with Gasteiger partial charge in [0.05, 0.1) is 26.4 Å². The third-order valence-electron chi connectivity index (χ3n) is 18.6. The molecule has 0 aliphatic carbocycles. The van der Waals surface area contributed by atoms with Crippen molar-refractivity contribution in [1.82, 2.24) is 0 Å². The van der Waals surface area contributed by atoms with Crippen LogP contribution in [0.4, 0.5) is 0 Å². The maximum absolute atomic E-state index is 12.9. The number of aliphatic hydroxyl groups excluding tert-OH is 2. The highest BCUT2D eigenvalue weighted by Gasteiger charge is 2.29. The fourth-order valence-electron chi connectivity index (χ4n) is 12.0. The van der Waals surface area contributed by atoms with Crippen LogP contribution in [0, 0.1) is 0 Å². The van der Waals surface area contributed by atoms with Gasteiger partial charge in [0.15, 0.2) is 6.10 Å². The molecule has 5 atom stereocenters. The molecule has 0 spiro atoms. The summed E-state index contributed by atoms with van der Waals surface area (Å²) in [6.07, 6.45) is 101. The van der Waals surface area contributed by atoms with E-state index >= 15 is 0 Å². The number of unbranched alkanes of at least 4 members (excludes halogenated alkanes) is 40. The maximum atomic E-state index is 12.9. The summed E-state index contributed by atoms with van der Waals surface area (Å²) in [5, 5.41) is 20.7. The molecule has 630 valence electrons. The van der Waals surface area contributed by atoms with E-state index in [4.69, 9.17) is 32.3 Å². The Morgan fingerprint density at radius 3 is 0.807 bits per heavy atom. The Kier molecular flexibility index (Phi) is 80.3. The third-order valence-corrected chi connectivity index (χ3v) is 20.5. The molecule has 0 saturated carbocycles. The van der Waals surface area contributed by atoms with Gasteiger partial charge < -0.3 is 34.2 Å². The number of carbonyl (C=O) groups excluding carboxylic acids is 3. The lowest BCUT2D eigenvalue weighted by molar-refractivity contribution is -0.161. The molecule has 4 N–H and O–H groups in total. The van der Waals surface area contributed by atoms with Gasteiger partial charge in [-0.2, -0.15) is 0 Å². The van der Waals surface area contributed by atoms with Crippen molar-refractivity contribution in [3.8, 4) is 0 Å². The van der Waals surface area contributed by atoms with Crippen LogP contribution in [0.25, 0.3) is 0 Å². The second kappa shape index (κ2) is 83.4. The van der Waals surface area contributed by atoms with Crippen LogP contribution in [0.3, 0.4) is 0 Å². The third kappa shape index (κ3) is 84.7. The maximum Gasteiger partial charge on any atom is 0.472 e. The highest BCUT2D eigenvalue weighted by molar-refractivity contribution is 7.47. The lowest BCUT2D eigenvalue weighted by Crippen LogP contribution is -2.30. The largest absolute Gasteiger partial charge is 0.472 e. The zero-order valence-electron chi connectivity index (χ0n) is 69.2. The van der Waals surface area contributed by atoms with Crippen LogP contribution in [-0.2, 0) is 55.8 Å². The average Bonchev–Trinajstić information content (AvgIpc) is 0.836. The van der Waals surface area contributed by atoms with Crippen molar-refractivity contribution >= 4 is 33.6 Å². The zero-order valence-corrected chi connectivity index (χ0v) is 71.0. The lowest BCUT2D eigenvalue weighted by Gasteiger charge is -2.21. The number of allylic oxidation sites excluding steroid dienone is 20. The van der Waals surface area contributed by atoms with Crippen LogP contribution in [-0.4, -0.2) is 95.9 Å². The Labute approximate surface area is 665 Å². The molecule has 0 aliphatic rings. The molecule has 18 heteroatoms. The van der Waals surface area contributed by atoms with Gasteiger partial charge in [-0.1, -0.05) is 354 Å². The number of carbonyl (C=O) groups is 3. The summed E-state index contributed by atoms with van der Waals surface area (Å²) in [6, 6.07) is 0.